The van der Waals surface area contributed by atoms with Crippen LogP contribution >= 0.6 is 0 Å². The van der Waals surface area contributed by atoms with Crippen LogP contribution in [0.5, 0.6) is 5.75 Å². The van der Waals surface area contributed by atoms with Crippen LogP contribution in [0.15, 0.2) is 42.5 Å². The Morgan fingerprint density at radius 1 is 1.00 bits per heavy atom. The van der Waals surface area contributed by atoms with E-state index in [1.165, 1.54) is 23.3 Å². The molecule has 0 heterocycles. The lowest BCUT2D eigenvalue weighted by molar-refractivity contribution is -0.124. The van der Waals surface area contributed by atoms with Gasteiger partial charge in [-0.05, 0) is 54.7 Å². The maximum absolute atomic E-state index is 13.4. The van der Waals surface area contributed by atoms with Gasteiger partial charge in [-0.2, -0.15) is 0 Å². The van der Waals surface area contributed by atoms with Gasteiger partial charge in [-0.1, -0.05) is 18.2 Å². The van der Waals surface area contributed by atoms with Crippen molar-refractivity contribution in [3.63, 3.8) is 0 Å². The first kappa shape index (κ1) is 18.9. The number of fused-ring (bicyclic) bond motifs is 1. The number of aryl methyl sites for hydroxylation is 2. The highest BCUT2D eigenvalue weighted by Crippen LogP contribution is 2.25. The normalized spacial score (nSPS) is 12.3. The lowest BCUT2D eigenvalue weighted by Crippen LogP contribution is -2.29. The number of carbonyl (C=O) groups excluding carboxylic acids is 2. The largest absolute Gasteiger partial charge is 0.489 e. The van der Waals surface area contributed by atoms with Crippen molar-refractivity contribution >= 4 is 17.5 Å². The average molecular weight is 370 g/mol. The van der Waals surface area contributed by atoms with Crippen molar-refractivity contribution in [2.45, 2.75) is 32.1 Å². The van der Waals surface area contributed by atoms with Gasteiger partial charge in [0.15, 0.2) is 11.6 Å². The average Bonchev–Trinajstić information content (AvgIpc) is 3.13. The number of para-hydroxylation sites is 1. The van der Waals surface area contributed by atoms with Crippen molar-refractivity contribution < 1.29 is 18.7 Å². The Labute approximate surface area is 157 Å². The molecule has 2 aromatic rings. The standard InChI is InChI=1S/C21H23FN2O3/c22-18-6-1-2-7-19(18)27-13-12-23-20(25)10-11-21(26)24-17-9-8-15-4-3-5-16(15)14-17/h1-2,6-9,14H,3-5,10-13H2,(H,23,25)(H,24,26). The summed E-state index contributed by atoms with van der Waals surface area (Å²) in [6.07, 6.45) is 3.52. The van der Waals surface area contributed by atoms with E-state index in [1.54, 1.807) is 12.1 Å². The number of hydrogen-bond acceptors (Lipinski definition) is 3. The highest BCUT2D eigenvalue weighted by atomic mass is 19.1. The summed E-state index contributed by atoms with van der Waals surface area (Å²) in [5.41, 5.74) is 3.42. The van der Waals surface area contributed by atoms with Gasteiger partial charge in [0.25, 0.3) is 0 Å². The predicted molar refractivity (Wildman–Crippen MR) is 101 cm³/mol. The zero-order valence-corrected chi connectivity index (χ0v) is 15.1. The Balaban J connectivity index is 1.33. The third kappa shape index (κ3) is 5.54. The molecule has 0 aliphatic heterocycles. The first-order chi connectivity index (χ1) is 13.1. The number of nitrogens with one attached hydrogen (secondary N) is 2. The quantitative estimate of drug-likeness (QED) is 0.701. The molecule has 2 amide bonds. The Hall–Kier alpha value is -2.89. The number of carbonyl (C=O) groups is 2. The Morgan fingerprint density at radius 3 is 2.63 bits per heavy atom. The number of hydrogen-bond donors (Lipinski definition) is 2. The van der Waals surface area contributed by atoms with Crippen LogP contribution in [0, 0.1) is 5.82 Å². The number of rotatable bonds is 8. The molecule has 0 unspecified atom stereocenters. The summed E-state index contributed by atoms with van der Waals surface area (Å²) >= 11 is 0. The molecular formula is C21H23FN2O3. The summed E-state index contributed by atoms with van der Waals surface area (Å²) in [5, 5.41) is 5.50. The van der Waals surface area contributed by atoms with E-state index in [9.17, 15) is 14.0 Å². The van der Waals surface area contributed by atoms with Crippen LogP contribution in [0.4, 0.5) is 10.1 Å². The van der Waals surface area contributed by atoms with E-state index in [4.69, 9.17) is 4.74 Å². The zero-order chi connectivity index (χ0) is 19.1. The van der Waals surface area contributed by atoms with E-state index in [0.29, 0.717) is 0 Å². The second-order valence-electron chi connectivity index (χ2n) is 6.51. The van der Waals surface area contributed by atoms with E-state index in [2.05, 4.69) is 16.7 Å². The molecule has 0 aromatic heterocycles. The first-order valence-corrected chi connectivity index (χ1v) is 9.17. The van der Waals surface area contributed by atoms with Crippen LogP contribution < -0.4 is 15.4 Å². The maximum Gasteiger partial charge on any atom is 0.224 e. The second-order valence-corrected chi connectivity index (χ2v) is 6.51. The number of ether oxygens (including phenoxy) is 1. The molecular weight excluding hydrogens is 347 g/mol. The van der Waals surface area contributed by atoms with Crippen LogP contribution in [0.2, 0.25) is 0 Å². The second kappa shape index (κ2) is 9.16. The van der Waals surface area contributed by atoms with Gasteiger partial charge in [0, 0.05) is 18.5 Å². The molecule has 2 N–H and O–H groups in total. The number of benzene rings is 2. The highest BCUT2D eigenvalue weighted by molar-refractivity contribution is 5.93. The molecule has 5 nitrogen and oxygen atoms in total. The van der Waals surface area contributed by atoms with Crippen LogP contribution in [-0.2, 0) is 22.4 Å². The number of anilines is 1. The Morgan fingerprint density at radius 2 is 1.78 bits per heavy atom. The summed E-state index contributed by atoms with van der Waals surface area (Å²) in [5.74, 6) is -0.713. The van der Waals surface area contributed by atoms with Crippen molar-refractivity contribution in [3.05, 3.63) is 59.4 Å². The van der Waals surface area contributed by atoms with E-state index >= 15 is 0 Å². The van der Waals surface area contributed by atoms with Crippen molar-refractivity contribution in [1.82, 2.24) is 5.32 Å². The lowest BCUT2D eigenvalue weighted by Gasteiger charge is -2.09. The molecule has 2 aromatic carbocycles. The fourth-order valence-electron chi connectivity index (χ4n) is 3.10. The van der Waals surface area contributed by atoms with Gasteiger partial charge in [-0.25, -0.2) is 4.39 Å². The minimum absolute atomic E-state index is 0.0937. The van der Waals surface area contributed by atoms with E-state index in [-0.39, 0.29) is 43.6 Å². The van der Waals surface area contributed by atoms with Gasteiger partial charge >= 0.3 is 0 Å². The van der Waals surface area contributed by atoms with Crippen molar-refractivity contribution in [2.24, 2.45) is 0 Å². The molecule has 0 radical (unpaired) electrons. The summed E-state index contributed by atoms with van der Waals surface area (Å²) in [6.45, 7) is 0.410. The third-order valence-electron chi connectivity index (χ3n) is 4.48. The molecule has 27 heavy (non-hydrogen) atoms. The van der Waals surface area contributed by atoms with Gasteiger partial charge in [0.2, 0.25) is 11.8 Å². The lowest BCUT2D eigenvalue weighted by atomic mass is 10.1. The molecule has 0 saturated carbocycles. The van der Waals surface area contributed by atoms with Crippen LogP contribution in [0.3, 0.4) is 0 Å². The molecule has 1 aliphatic rings. The Bertz CT molecular complexity index is 823. The van der Waals surface area contributed by atoms with Gasteiger partial charge in [0.05, 0.1) is 6.54 Å². The molecule has 0 bridgehead atoms. The van der Waals surface area contributed by atoms with Gasteiger partial charge < -0.3 is 15.4 Å². The SMILES string of the molecule is O=C(CCC(=O)Nc1ccc2c(c1)CCC2)NCCOc1ccccc1F. The monoisotopic (exact) mass is 370 g/mol. The third-order valence-corrected chi connectivity index (χ3v) is 4.48. The minimum atomic E-state index is -0.438. The molecule has 0 atom stereocenters. The van der Waals surface area contributed by atoms with Crippen molar-refractivity contribution in [1.29, 1.82) is 0 Å². The fraction of sp³-hybridized carbons (Fsp3) is 0.333. The Kier molecular flexibility index (Phi) is 6.41. The number of halogens is 1. The molecule has 0 saturated heterocycles. The summed E-state index contributed by atoms with van der Waals surface area (Å²) in [4.78, 5) is 23.8. The molecule has 142 valence electrons. The van der Waals surface area contributed by atoms with E-state index in [0.717, 1.165) is 24.9 Å². The van der Waals surface area contributed by atoms with Crippen molar-refractivity contribution in [3.8, 4) is 5.75 Å². The molecule has 6 heteroatoms. The fourth-order valence-corrected chi connectivity index (χ4v) is 3.10. The predicted octanol–water partition coefficient (Wildman–Crippen LogP) is 3.23. The molecule has 3 rings (SSSR count). The zero-order valence-electron chi connectivity index (χ0n) is 15.1. The van der Waals surface area contributed by atoms with Crippen LogP contribution in [-0.4, -0.2) is 25.0 Å². The molecule has 0 spiro atoms. The maximum atomic E-state index is 13.4. The van der Waals surface area contributed by atoms with Crippen molar-refractivity contribution in [2.75, 3.05) is 18.5 Å². The van der Waals surface area contributed by atoms with Gasteiger partial charge in [-0.15, -0.1) is 0 Å². The number of amides is 2. The summed E-state index contributed by atoms with van der Waals surface area (Å²) in [6, 6.07) is 12.1. The minimum Gasteiger partial charge on any atom is -0.489 e. The smallest absolute Gasteiger partial charge is 0.224 e. The molecule has 0 fully saturated rings. The first-order valence-electron chi connectivity index (χ1n) is 9.17. The van der Waals surface area contributed by atoms with Crippen LogP contribution in [0.25, 0.3) is 0 Å². The molecule has 1 aliphatic carbocycles. The summed E-state index contributed by atoms with van der Waals surface area (Å²) in [7, 11) is 0. The van der Waals surface area contributed by atoms with E-state index in [1.807, 2.05) is 12.1 Å². The topological polar surface area (TPSA) is 67.4 Å². The van der Waals surface area contributed by atoms with Crippen LogP contribution in [0.1, 0.15) is 30.4 Å². The summed E-state index contributed by atoms with van der Waals surface area (Å²) < 4.78 is 18.6. The van der Waals surface area contributed by atoms with Gasteiger partial charge in [-0.3, -0.25) is 9.59 Å². The highest BCUT2D eigenvalue weighted by Gasteiger charge is 2.12. The van der Waals surface area contributed by atoms with E-state index < -0.39 is 5.82 Å². The van der Waals surface area contributed by atoms with Gasteiger partial charge in [0.1, 0.15) is 6.61 Å².